The van der Waals surface area contributed by atoms with Gasteiger partial charge >= 0.3 is 0 Å². The van der Waals surface area contributed by atoms with Crippen LogP contribution in [0.2, 0.25) is 5.02 Å². The third kappa shape index (κ3) is 4.58. The van der Waals surface area contributed by atoms with Crippen molar-refractivity contribution in [3.8, 4) is 11.8 Å². The molecule has 2 aromatic rings. The van der Waals surface area contributed by atoms with Crippen LogP contribution in [0.5, 0.6) is 5.75 Å². The summed E-state index contributed by atoms with van der Waals surface area (Å²) in [6.45, 7) is 1.56. The van der Waals surface area contributed by atoms with Gasteiger partial charge in [-0.05, 0) is 35.4 Å². The van der Waals surface area contributed by atoms with Crippen molar-refractivity contribution in [1.29, 1.82) is 5.26 Å². The van der Waals surface area contributed by atoms with Crippen molar-refractivity contribution in [3.63, 3.8) is 0 Å². The Hall–Kier alpha value is -2.02. The molecule has 2 aromatic carbocycles. The molecule has 0 aliphatic heterocycles. The molecule has 20 heavy (non-hydrogen) atoms. The molecule has 0 spiro atoms. The lowest BCUT2D eigenvalue weighted by atomic mass is 10.2. The Bertz CT molecular complexity index is 607. The molecule has 0 fully saturated rings. The number of ether oxygens (including phenoxy) is 1. The van der Waals surface area contributed by atoms with Gasteiger partial charge in [-0.25, -0.2) is 0 Å². The van der Waals surface area contributed by atoms with E-state index in [0.717, 1.165) is 29.2 Å². The van der Waals surface area contributed by atoms with Crippen LogP contribution in [0.4, 0.5) is 0 Å². The number of hydrogen-bond acceptors (Lipinski definition) is 3. The molecule has 0 aromatic heterocycles. The molecule has 0 saturated carbocycles. The van der Waals surface area contributed by atoms with E-state index in [1.165, 1.54) is 0 Å². The first-order valence-electron chi connectivity index (χ1n) is 6.32. The number of nitriles is 1. The van der Waals surface area contributed by atoms with Gasteiger partial charge in [0.05, 0.1) is 0 Å². The summed E-state index contributed by atoms with van der Waals surface area (Å²) in [5.41, 5.74) is 2.26. The Kier molecular flexibility index (Phi) is 5.43. The van der Waals surface area contributed by atoms with Crippen LogP contribution in [-0.2, 0) is 13.1 Å². The Morgan fingerprint density at radius 2 is 1.75 bits per heavy atom. The average molecular weight is 287 g/mol. The molecule has 102 valence electrons. The maximum Gasteiger partial charge on any atom is 0.174 e. The number of benzene rings is 2. The zero-order valence-electron chi connectivity index (χ0n) is 11.0. The van der Waals surface area contributed by atoms with Gasteiger partial charge in [0.15, 0.2) is 6.61 Å². The highest BCUT2D eigenvalue weighted by Gasteiger charge is 1.98. The van der Waals surface area contributed by atoms with Gasteiger partial charge in [0.25, 0.3) is 0 Å². The lowest BCUT2D eigenvalue weighted by molar-refractivity contribution is 0.367. The van der Waals surface area contributed by atoms with E-state index in [0.29, 0.717) is 5.75 Å². The molecule has 0 saturated heterocycles. The van der Waals surface area contributed by atoms with E-state index in [1.54, 1.807) is 0 Å². The summed E-state index contributed by atoms with van der Waals surface area (Å²) in [6, 6.07) is 17.5. The molecule has 4 heteroatoms. The summed E-state index contributed by atoms with van der Waals surface area (Å²) in [5, 5.41) is 12.6. The molecular weight excluding hydrogens is 272 g/mol. The van der Waals surface area contributed by atoms with Crippen molar-refractivity contribution < 1.29 is 4.74 Å². The second kappa shape index (κ2) is 7.54. The van der Waals surface area contributed by atoms with Gasteiger partial charge in [0.2, 0.25) is 0 Å². The predicted octanol–water partition coefficient (Wildman–Crippen LogP) is 3.53. The number of nitrogens with one attached hydrogen (secondary N) is 1. The number of rotatable bonds is 6. The van der Waals surface area contributed by atoms with Crippen LogP contribution >= 0.6 is 11.6 Å². The van der Waals surface area contributed by atoms with Gasteiger partial charge in [0, 0.05) is 18.1 Å². The fraction of sp³-hybridized carbons (Fsp3) is 0.188. The molecule has 1 N–H and O–H groups in total. The van der Waals surface area contributed by atoms with Crippen LogP contribution in [0, 0.1) is 11.3 Å². The van der Waals surface area contributed by atoms with E-state index < -0.39 is 0 Å². The zero-order chi connectivity index (χ0) is 14.2. The SMILES string of the molecule is N#CCOc1cccc(CNCc2cccc(Cl)c2)c1. The molecule has 0 radical (unpaired) electrons. The van der Waals surface area contributed by atoms with Gasteiger partial charge in [-0.1, -0.05) is 35.9 Å². The Balaban J connectivity index is 1.86. The average Bonchev–Trinajstić information content (AvgIpc) is 2.46. The Morgan fingerprint density at radius 1 is 1.05 bits per heavy atom. The van der Waals surface area contributed by atoms with E-state index in [-0.39, 0.29) is 6.61 Å². The van der Waals surface area contributed by atoms with Gasteiger partial charge in [0.1, 0.15) is 11.8 Å². The number of nitrogens with zero attached hydrogens (tertiary/aromatic N) is 1. The summed E-state index contributed by atoms with van der Waals surface area (Å²) >= 11 is 5.94. The van der Waals surface area contributed by atoms with E-state index >= 15 is 0 Å². The summed E-state index contributed by atoms with van der Waals surface area (Å²) in [5.74, 6) is 0.716. The molecule has 0 amide bonds. The van der Waals surface area contributed by atoms with Crippen LogP contribution in [0.3, 0.4) is 0 Å². The normalized spacial score (nSPS) is 10.0. The highest BCUT2D eigenvalue weighted by Crippen LogP contribution is 2.14. The van der Waals surface area contributed by atoms with E-state index in [9.17, 15) is 0 Å². The fourth-order valence-electron chi connectivity index (χ4n) is 1.86. The third-order valence-corrected chi connectivity index (χ3v) is 2.98. The van der Waals surface area contributed by atoms with Gasteiger partial charge in [-0.15, -0.1) is 0 Å². The highest BCUT2D eigenvalue weighted by atomic mass is 35.5. The topological polar surface area (TPSA) is 45.0 Å². The first-order valence-corrected chi connectivity index (χ1v) is 6.69. The summed E-state index contributed by atoms with van der Waals surface area (Å²) in [6.07, 6.45) is 0. The minimum absolute atomic E-state index is 0.0688. The third-order valence-electron chi connectivity index (χ3n) is 2.75. The summed E-state index contributed by atoms with van der Waals surface area (Å²) in [7, 11) is 0. The van der Waals surface area contributed by atoms with Crippen LogP contribution < -0.4 is 10.1 Å². The zero-order valence-corrected chi connectivity index (χ0v) is 11.7. The van der Waals surface area contributed by atoms with Crippen molar-refractivity contribution in [1.82, 2.24) is 5.32 Å². The van der Waals surface area contributed by atoms with E-state index in [4.69, 9.17) is 21.6 Å². The molecule has 0 atom stereocenters. The predicted molar refractivity (Wildman–Crippen MR) is 79.5 cm³/mol. The minimum Gasteiger partial charge on any atom is -0.479 e. The Labute approximate surface area is 123 Å². The molecule has 0 unspecified atom stereocenters. The van der Waals surface area contributed by atoms with Crippen molar-refractivity contribution in [2.75, 3.05) is 6.61 Å². The van der Waals surface area contributed by atoms with E-state index in [2.05, 4.69) is 5.32 Å². The first kappa shape index (κ1) is 14.4. The first-order chi connectivity index (χ1) is 9.78. The maximum atomic E-state index is 8.49. The van der Waals surface area contributed by atoms with Gasteiger partial charge in [-0.2, -0.15) is 5.26 Å². The lowest BCUT2D eigenvalue weighted by Crippen LogP contribution is -2.12. The second-order valence-electron chi connectivity index (χ2n) is 4.33. The minimum atomic E-state index is 0.0688. The molecule has 3 nitrogen and oxygen atoms in total. The molecular formula is C16H15ClN2O. The highest BCUT2D eigenvalue weighted by molar-refractivity contribution is 6.30. The van der Waals surface area contributed by atoms with E-state index in [1.807, 2.05) is 54.6 Å². The Morgan fingerprint density at radius 3 is 2.45 bits per heavy atom. The standard InChI is InChI=1S/C16H15ClN2O/c17-15-5-1-3-13(9-15)11-19-12-14-4-2-6-16(10-14)20-8-7-18/h1-6,9-10,19H,8,11-12H2. The summed E-state index contributed by atoms with van der Waals surface area (Å²) < 4.78 is 5.27. The van der Waals surface area contributed by atoms with Crippen LogP contribution in [0.15, 0.2) is 48.5 Å². The maximum absolute atomic E-state index is 8.49. The number of hydrogen-bond donors (Lipinski definition) is 1. The van der Waals surface area contributed by atoms with Crippen LogP contribution in [-0.4, -0.2) is 6.61 Å². The molecule has 0 heterocycles. The second-order valence-corrected chi connectivity index (χ2v) is 4.76. The monoisotopic (exact) mass is 286 g/mol. The lowest BCUT2D eigenvalue weighted by Gasteiger charge is -2.07. The van der Waals surface area contributed by atoms with Crippen LogP contribution in [0.25, 0.3) is 0 Å². The summed E-state index contributed by atoms with van der Waals surface area (Å²) in [4.78, 5) is 0. The van der Waals surface area contributed by atoms with Crippen LogP contribution in [0.1, 0.15) is 11.1 Å². The van der Waals surface area contributed by atoms with Crippen molar-refractivity contribution >= 4 is 11.6 Å². The van der Waals surface area contributed by atoms with Gasteiger partial charge < -0.3 is 10.1 Å². The molecule has 0 aliphatic carbocycles. The van der Waals surface area contributed by atoms with Crippen molar-refractivity contribution in [3.05, 3.63) is 64.7 Å². The largest absolute Gasteiger partial charge is 0.479 e. The quantitative estimate of drug-likeness (QED) is 0.883. The van der Waals surface area contributed by atoms with Crippen molar-refractivity contribution in [2.45, 2.75) is 13.1 Å². The van der Waals surface area contributed by atoms with Gasteiger partial charge in [-0.3, -0.25) is 0 Å². The molecule has 0 aliphatic rings. The van der Waals surface area contributed by atoms with Crippen molar-refractivity contribution in [2.24, 2.45) is 0 Å². The fourth-order valence-corrected chi connectivity index (χ4v) is 2.07. The smallest absolute Gasteiger partial charge is 0.174 e. The number of halogens is 1. The molecule has 2 rings (SSSR count). The molecule has 0 bridgehead atoms.